The number of rotatable bonds is 6. The third-order valence-corrected chi connectivity index (χ3v) is 3.30. The van der Waals surface area contributed by atoms with Gasteiger partial charge >= 0.3 is 0 Å². The van der Waals surface area contributed by atoms with Crippen molar-refractivity contribution >= 4 is 0 Å². The molecule has 1 heterocycles. The highest BCUT2D eigenvalue weighted by Crippen LogP contribution is 2.11. The molecule has 0 bridgehead atoms. The second-order valence-corrected chi connectivity index (χ2v) is 4.49. The van der Waals surface area contributed by atoms with Crippen molar-refractivity contribution in [2.24, 2.45) is 5.73 Å². The van der Waals surface area contributed by atoms with Gasteiger partial charge in [0.25, 0.3) is 0 Å². The molecule has 0 aliphatic carbocycles. The summed E-state index contributed by atoms with van der Waals surface area (Å²) in [6.07, 6.45) is 0.964. The molecule has 4 heteroatoms. The van der Waals surface area contributed by atoms with Crippen LogP contribution in [0.2, 0.25) is 0 Å². The molecule has 1 atom stereocenters. The van der Waals surface area contributed by atoms with E-state index in [2.05, 4.69) is 4.90 Å². The summed E-state index contributed by atoms with van der Waals surface area (Å²) >= 11 is 0. The van der Waals surface area contributed by atoms with E-state index in [0.29, 0.717) is 19.2 Å². The monoisotopic (exact) mass is 250 g/mol. The molecule has 1 aromatic carbocycles. The second kappa shape index (κ2) is 7.36. The fourth-order valence-corrected chi connectivity index (χ4v) is 2.22. The van der Waals surface area contributed by atoms with Gasteiger partial charge < -0.3 is 15.2 Å². The van der Waals surface area contributed by atoms with E-state index in [0.717, 1.165) is 38.5 Å². The Balaban J connectivity index is 1.73. The van der Waals surface area contributed by atoms with E-state index in [1.54, 1.807) is 0 Å². The van der Waals surface area contributed by atoms with Gasteiger partial charge in [-0.1, -0.05) is 18.2 Å². The minimum absolute atomic E-state index is 0.401. The number of ether oxygens (including phenoxy) is 2. The lowest BCUT2D eigenvalue weighted by atomic mass is 10.1. The number of hydrogen-bond donors (Lipinski definition) is 1. The molecule has 1 unspecified atom stereocenters. The van der Waals surface area contributed by atoms with Gasteiger partial charge in [0, 0.05) is 25.7 Å². The molecule has 0 amide bonds. The molecular formula is C14H22N2O2. The predicted octanol–water partition coefficient (Wildman–Crippen LogP) is 1.11. The average Bonchev–Trinajstić information content (AvgIpc) is 2.46. The molecule has 1 saturated heterocycles. The Morgan fingerprint density at radius 1 is 1.22 bits per heavy atom. The van der Waals surface area contributed by atoms with Crippen LogP contribution in [-0.4, -0.2) is 50.4 Å². The van der Waals surface area contributed by atoms with Gasteiger partial charge in [0.05, 0.1) is 19.8 Å². The van der Waals surface area contributed by atoms with Gasteiger partial charge in [-0.25, -0.2) is 0 Å². The third-order valence-electron chi connectivity index (χ3n) is 3.30. The summed E-state index contributed by atoms with van der Waals surface area (Å²) in [5, 5.41) is 0. The molecule has 18 heavy (non-hydrogen) atoms. The number of para-hydroxylation sites is 1. The molecule has 1 aromatic rings. The first kappa shape index (κ1) is 13.3. The van der Waals surface area contributed by atoms with Crippen LogP contribution in [-0.2, 0) is 4.74 Å². The molecule has 0 radical (unpaired) electrons. The lowest BCUT2D eigenvalue weighted by Gasteiger charge is -2.33. The van der Waals surface area contributed by atoms with Gasteiger partial charge in [0.15, 0.2) is 0 Å². The van der Waals surface area contributed by atoms with Gasteiger partial charge in [-0.2, -0.15) is 0 Å². The van der Waals surface area contributed by atoms with Crippen molar-refractivity contribution < 1.29 is 9.47 Å². The highest BCUT2D eigenvalue weighted by atomic mass is 16.5. The van der Waals surface area contributed by atoms with Crippen molar-refractivity contribution in [2.45, 2.75) is 12.5 Å². The summed E-state index contributed by atoms with van der Waals surface area (Å²) in [5.74, 6) is 0.926. The summed E-state index contributed by atoms with van der Waals surface area (Å²) in [4.78, 5) is 2.40. The van der Waals surface area contributed by atoms with Crippen LogP contribution in [0, 0.1) is 0 Å². The summed E-state index contributed by atoms with van der Waals surface area (Å²) in [6.45, 7) is 4.98. The Morgan fingerprint density at radius 3 is 2.61 bits per heavy atom. The number of hydrogen-bond acceptors (Lipinski definition) is 4. The zero-order valence-electron chi connectivity index (χ0n) is 10.8. The fourth-order valence-electron chi connectivity index (χ4n) is 2.22. The Bertz CT molecular complexity index is 326. The maximum Gasteiger partial charge on any atom is 0.119 e. The van der Waals surface area contributed by atoms with Crippen LogP contribution >= 0.6 is 0 Å². The lowest BCUT2D eigenvalue weighted by molar-refractivity contribution is 0.0140. The molecule has 0 aromatic heterocycles. The van der Waals surface area contributed by atoms with Crippen LogP contribution in [0.1, 0.15) is 6.42 Å². The standard InChI is InChI=1S/C14H22N2O2/c15-12-13(16-7-10-17-11-8-16)6-9-18-14-4-2-1-3-5-14/h1-5,13H,6-12,15H2. The Kier molecular flexibility index (Phi) is 5.45. The van der Waals surface area contributed by atoms with E-state index >= 15 is 0 Å². The maximum atomic E-state index is 5.85. The van der Waals surface area contributed by atoms with Crippen molar-refractivity contribution in [1.82, 2.24) is 4.90 Å². The minimum atomic E-state index is 0.401. The summed E-state index contributed by atoms with van der Waals surface area (Å²) in [6, 6.07) is 10.3. The van der Waals surface area contributed by atoms with E-state index in [-0.39, 0.29) is 0 Å². The van der Waals surface area contributed by atoms with E-state index in [1.807, 2.05) is 30.3 Å². The van der Waals surface area contributed by atoms with Gasteiger partial charge in [-0.15, -0.1) is 0 Å². The normalized spacial score (nSPS) is 18.5. The number of nitrogens with two attached hydrogens (primary N) is 1. The van der Waals surface area contributed by atoms with Gasteiger partial charge in [-0.3, -0.25) is 4.90 Å². The minimum Gasteiger partial charge on any atom is -0.494 e. The molecule has 1 fully saturated rings. The Labute approximate surface area is 109 Å². The van der Waals surface area contributed by atoms with Crippen LogP contribution in [0.4, 0.5) is 0 Å². The maximum absolute atomic E-state index is 5.85. The summed E-state index contributed by atoms with van der Waals surface area (Å²) < 4.78 is 11.1. The van der Waals surface area contributed by atoms with E-state index in [9.17, 15) is 0 Å². The quantitative estimate of drug-likeness (QED) is 0.822. The lowest BCUT2D eigenvalue weighted by Crippen LogP contribution is -2.47. The zero-order chi connectivity index (χ0) is 12.6. The van der Waals surface area contributed by atoms with Crippen molar-refractivity contribution in [1.29, 1.82) is 0 Å². The average molecular weight is 250 g/mol. The summed E-state index contributed by atoms with van der Waals surface area (Å²) in [5.41, 5.74) is 5.85. The zero-order valence-corrected chi connectivity index (χ0v) is 10.8. The molecule has 1 aliphatic heterocycles. The smallest absolute Gasteiger partial charge is 0.119 e. The van der Waals surface area contributed by atoms with Crippen LogP contribution in [0.15, 0.2) is 30.3 Å². The summed E-state index contributed by atoms with van der Waals surface area (Å²) in [7, 11) is 0. The van der Waals surface area contributed by atoms with Crippen LogP contribution in [0.3, 0.4) is 0 Å². The van der Waals surface area contributed by atoms with Crippen molar-refractivity contribution in [3.8, 4) is 5.75 Å². The molecule has 2 rings (SSSR count). The first-order valence-electron chi connectivity index (χ1n) is 6.60. The van der Waals surface area contributed by atoms with Crippen LogP contribution in [0.5, 0.6) is 5.75 Å². The van der Waals surface area contributed by atoms with Crippen LogP contribution in [0.25, 0.3) is 0 Å². The molecular weight excluding hydrogens is 228 g/mol. The highest BCUT2D eigenvalue weighted by molar-refractivity contribution is 5.20. The SMILES string of the molecule is NCC(CCOc1ccccc1)N1CCOCC1. The Morgan fingerprint density at radius 2 is 1.94 bits per heavy atom. The molecule has 1 aliphatic rings. The van der Waals surface area contributed by atoms with Crippen molar-refractivity contribution in [3.05, 3.63) is 30.3 Å². The molecule has 100 valence electrons. The van der Waals surface area contributed by atoms with Crippen LogP contribution < -0.4 is 10.5 Å². The van der Waals surface area contributed by atoms with E-state index in [4.69, 9.17) is 15.2 Å². The number of benzene rings is 1. The third kappa shape index (κ3) is 3.98. The number of nitrogens with zero attached hydrogens (tertiary/aromatic N) is 1. The van der Waals surface area contributed by atoms with Gasteiger partial charge in [0.2, 0.25) is 0 Å². The van der Waals surface area contributed by atoms with Crippen molar-refractivity contribution in [3.63, 3.8) is 0 Å². The second-order valence-electron chi connectivity index (χ2n) is 4.49. The first-order valence-corrected chi connectivity index (χ1v) is 6.60. The first-order chi connectivity index (χ1) is 8.90. The van der Waals surface area contributed by atoms with E-state index in [1.165, 1.54) is 0 Å². The van der Waals surface area contributed by atoms with Gasteiger partial charge in [-0.05, 0) is 18.6 Å². The Hall–Kier alpha value is -1.10. The highest BCUT2D eigenvalue weighted by Gasteiger charge is 2.19. The predicted molar refractivity (Wildman–Crippen MR) is 71.8 cm³/mol. The molecule has 0 spiro atoms. The number of morpholine rings is 1. The molecule has 2 N–H and O–H groups in total. The molecule has 4 nitrogen and oxygen atoms in total. The fraction of sp³-hybridized carbons (Fsp3) is 0.571. The van der Waals surface area contributed by atoms with Crippen molar-refractivity contribution in [2.75, 3.05) is 39.5 Å². The topological polar surface area (TPSA) is 47.7 Å². The largest absolute Gasteiger partial charge is 0.494 e. The molecule has 0 saturated carbocycles. The van der Waals surface area contributed by atoms with E-state index < -0.39 is 0 Å². The van der Waals surface area contributed by atoms with Gasteiger partial charge in [0.1, 0.15) is 5.75 Å².